The van der Waals surface area contributed by atoms with Gasteiger partial charge in [-0.3, -0.25) is 4.79 Å². The third-order valence-electron chi connectivity index (χ3n) is 3.43. The van der Waals surface area contributed by atoms with Crippen LogP contribution in [0.1, 0.15) is 30.9 Å². The molecule has 0 aliphatic heterocycles. The van der Waals surface area contributed by atoms with Crippen molar-refractivity contribution in [3.05, 3.63) is 53.9 Å². The van der Waals surface area contributed by atoms with E-state index in [2.05, 4.69) is 20.6 Å². The van der Waals surface area contributed by atoms with Crippen LogP contribution in [0.4, 0.5) is 5.95 Å². The number of benzene rings is 1. The molecule has 0 spiro atoms. The molecule has 1 aromatic carbocycles. The molecule has 0 amide bonds. The average Bonchev–Trinajstić information content (AvgIpc) is 2.58. The lowest BCUT2D eigenvalue weighted by atomic mass is 10.1. The predicted molar refractivity (Wildman–Crippen MR) is 89.0 cm³/mol. The number of nitrogens with one attached hydrogen (secondary N) is 2. The molecule has 0 aliphatic rings. The lowest BCUT2D eigenvalue weighted by Crippen LogP contribution is -2.36. The Hall–Kier alpha value is -2.47. The number of carboxylic acid groups (broad SMARTS) is 1. The van der Waals surface area contributed by atoms with Gasteiger partial charge in [0.2, 0.25) is 5.95 Å². The zero-order valence-electron chi connectivity index (χ0n) is 13.2. The van der Waals surface area contributed by atoms with Crippen molar-refractivity contribution in [1.82, 2.24) is 15.3 Å². The first kappa shape index (κ1) is 16.9. The highest BCUT2D eigenvalue weighted by Gasteiger charge is 2.15. The molecule has 0 bridgehead atoms. The SMILES string of the molecule is CCCC(NCc1cnc(NCc2ccccc2)nc1)C(=O)O. The van der Waals surface area contributed by atoms with Crippen LogP contribution in [0.2, 0.25) is 0 Å². The number of anilines is 1. The van der Waals surface area contributed by atoms with Gasteiger partial charge >= 0.3 is 5.97 Å². The second kappa shape index (κ2) is 8.85. The Morgan fingerprint density at radius 3 is 2.43 bits per heavy atom. The van der Waals surface area contributed by atoms with Gasteiger partial charge in [0.1, 0.15) is 6.04 Å². The van der Waals surface area contributed by atoms with Crippen LogP contribution in [0, 0.1) is 0 Å². The molecular formula is C17H22N4O2. The molecule has 3 N–H and O–H groups in total. The van der Waals surface area contributed by atoms with Gasteiger partial charge in [-0.05, 0) is 12.0 Å². The van der Waals surface area contributed by atoms with Crippen molar-refractivity contribution in [2.24, 2.45) is 0 Å². The quantitative estimate of drug-likeness (QED) is 0.659. The van der Waals surface area contributed by atoms with Crippen molar-refractivity contribution in [3.8, 4) is 0 Å². The smallest absolute Gasteiger partial charge is 0.320 e. The highest BCUT2D eigenvalue weighted by Crippen LogP contribution is 2.05. The maximum atomic E-state index is 11.1. The fourth-order valence-corrected chi connectivity index (χ4v) is 2.16. The van der Waals surface area contributed by atoms with Crippen molar-refractivity contribution in [2.45, 2.75) is 38.9 Å². The van der Waals surface area contributed by atoms with Crippen LogP contribution >= 0.6 is 0 Å². The van der Waals surface area contributed by atoms with Gasteiger partial charge in [-0.15, -0.1) is 0 Å². The molecule has 6 heteroatoms. The molecular weight excluding hydrogens is 292 g/mol. The Balaban J connectivity index is 1.83. The molecule has 1 unspecified atom stereocenters. The molecule has 2 rings (SSSR count). The Labute approximate surface area is 136 Å². The summed E-state index contributed by atoms with van der Waals surface area (Å²) in [5.41, 5.74) is 2.02. The number of aliphatic carboxylic acids is 1. The summed E-state index contributed by atoms with van der Waals surface area (Å²) in [6.45, 7) is 3.07. The van der Waals surface area contributed by atoms with Crippen LogP contribution in [-0.4, -0.2) is 27.1 Å². The van der Waals surface area contributed by atoms with E-state index in [-0.39, 0.29) is 0 Å². The molecule has 1 atom stereocenters. The van der Waals surface area contributed by atoms with Crippen molar-refractivity contribution < 1.29 is 9.90 Å². The van der Waals surface area contributed by atoms with E-state index in [0.717, 1.165) is 17.5 Å². The normalized spacial score (nSPS) is 11.9. The summed E-state index contributed by atoms with van der Waals surface area (Å²) in [6.07, 6.45) is 4.84. The molecule has 0 radical (unpaired) electrons. The number of hydrogen-bond acceptors (Lipinski definition) is 5. The van der Waals surface area contributed by atoms with Gasteiger partial charge in [-0.25, -0.2) is 9.97 Å². The van der Waals surface area contributed by atoms with Gasteiger partial charge < -0.3 is 15.7 Å². The van der Waals surface area contributed by atoms with Crippen LogP contribution in [0.5, 0.6) is 0 Å². The number of nitrogens with zero attached hydrogens (tertiary/aromatic N) is 2. The Kier molecular flexibility index (Phi) is 6.50. The van der Waals surface area contributed by atoms with Crippen molar-refractivity contribution in [1.29, 1.82) is 0 Å². The van der Waals surface area contributed by atoms with E-state index < -0.39 is 12.0 Å². The molecule has 6 nitrogen and oxygen atoms in total. The standard InChI is InChI=1S/C17H22N4O2/c1-2-6-15(16(22)23)18-10-14-11-20-17(21-12-14)19-9-13-7-4-3-5-8-13/h3-5,7-8,11-12,15,18H,2,6,9-10H2,1H3,(H,22,23)(H,19,20,21). The minimum absolute atomic E-state index is 0.440. The molecule has 0 fully saturated rings. The molecule has 23 heavy (non-hydrogen) atoms. The maximum absolute atomic E-state index is 11.1. The minimum atomic E-state index is -0.825. The summed E-state index contributed by atoms with van der Waals surface area (Å²) in [4.78, 5) is 19.6. The van der Waals surface area contributed by atoms with Gasteiger partial charge in [-0.1, -0.05) is 43.7 Å². The summed E-state index contributed by atoms with van der Waals surface area (Å²) in [7, 11) is 0. The molecule has 2 aromatic rings. The third-order valence-corrected chi connectivity index (χ3v) is 3.43. The van der Waals surface area contributed by atoms with Gasteiger partial charge in [0, 0.05) is 31.0 Å². The van der Waals surface area contributed by atoms with E-state index in [1.165, 1.54) is 0 Å². The molecule has 1 heterocycles. The Morgan fingerprint density at radius 2 is 1.83 bits per heavy atom. The predicted octanol–water partition coefficient (Wildman–Crippen LogP) is 2.43. The fraction of sp³-hybridized carbons (Fsp3) is 0.353. The average molecular weight is 314 g/mol. The number of carboxylic acids is 1. The highest BCUT2D eigenvalue weighted by atomic mass is 16.4. The van der Waals surface area contributed by atoms with Crippen LogP contribution in [0.25, 0.3) is 0 Å². The van der Waals surface area contributed by atoms with Crippen molar-refractivity contribution in [2.75, 3.05) is 5.32 Å². The Morgan fingerprint density at radius 1 is 1.13 bits per heavy atom. The summed E-state index contributed by atoms with van der Waals surface area (Å²) < 4.78 is 0. The van der Waals surface area contributed by atoms with E-state index in [9.17, 15) is 4.79 Å². The summed E-state index contributed by atoms with van der Waals surface area (Å²) in [5.74, 6) is -0.269. The third kappa shape index (κ3) is 5.67. The Bertz CT molecular complexity index is 602. The minimum Gasteiger partial charge on any atom is -0.480 e. The topological polar surface area (TPSA) is 87.1 Å². The molecule has 122 valence electrons. The number of hydrogen-bond donors (Lipinski definition) is 3. The van der Waals surface area contributed by atoms with E-state index in [1.807, 2.05) is 37.3 Å². The summed E-state index contributed by atoms with van der Waals surface area (Å²) >= 11 is 0. The van der Waals surface area contributed by atoms with E-state index >= 15 is 0 Å². The summed E-state index contributed by atoms with van der Waals surface area (Å²) in [6, 6.07) is 9.49. The number of aromatic nitrogens is 2. The van der Waals surface area contributed by atoms with E-state index in [0.29, 0.717) is 25.5 Å². The van der Waals surface area contributed by atoms with Gasteiger partial charge in [0.15, 0.2) is 0 Å². The lowest BCUT2D eigenvalue weighted by molar-refractivity contribution is -0.139. The van der Waals surface area contributed by atoms with E-state index in [1.54, 1.807) is 12.4 Å². The summed E-state index contributed by atoms with van der Waals surface area (Å²) in [5, 5.41) is 15.3. The molecule has 1 aromatic heterocycles. The van der Waals surface area contributed by atoms with Crippen molar-refractivity contribution in [3.63, 3.8) is 0 Å². The van der Waals surface area contributed by atoms with Crippen molar-refractivity contribution >= 4 is 11.9 Å². The number of carbonyl (C=O) groups is 1. The first-order chi connectivity index (χ1) is 11.2. The first-order valence-corrected chi connectivity index (χ1v) is 7.74. The van der Waals surface area contributed by atoms with Gasteiger partial charge in [0.05, 0.1) is 0 Å². The van der Waals surface area contributed by atoms with Gasteiger partial charge in [-0.2, -0.15) is 0 Å². The van der Waals surface area contributed by atoms with Gasteiger partial charge in [0.25, 0.3) is 0 Å². The second-order valence-electron chi connectivity index (χ2n) is 5.31. The van der Waals surface area contributed by atoms with Crippen LogP contribution in [0.3, 0.4) is 0 Å². The largest absolute Gasteiger partial charge is 0.480 e. The first-order valence-electron chi connectivity index (χ1n) is 7.74. The second-order valence-corrected chi connectivity index (χ2v) is 5.31. The number of rotatable bonds is 9. The van der Waals surface area contributed by atoms with Crippen LogP contribution < -0.4 is 10.6 Å². The van der Waals surface area contributed by atoms with Crippen LogP contribution in [-0.2, 0) is 17.9 Å². The molecule has 0 saturated heterocycles. The molecule has 0 aliphatic carbocycles. The highest BCUT2D eigenvalue weighted by molar-refractivity contribution is 5.73. The molecule has 0 saturated carbocycles. The fourth-order valence-electron chi connectivity index (χ4n) is 2.16. The monoisotopic (exact) mass is 314 g/mol. The lowest BCUT2D eigenvalue weighted by Gasteiger charge is -2.13. The maximum Gasteiger partial charge on any atom is 0.320 e. The van der Waals surface area contributed by atoms with E-state index in [4.69, 9.17) is 5.11 Å². The zero-order valence-corrected chi connectivity index (χ0v) is 13.2. The zero-order chi connectivity index (χ0) is 16.5. The van der Waals surface area contributed by atoms with Crippen LogP contribution in [0.15, 0.2) is 42.7 Å².